The van der Waals surface area contributed by atoms with E-state index in [-0.39, 0.29) is 0 Å². The molecule has 15 heavy (non-hydrogen) atoms. The lowest BCUT2D eigenvalue weighted by Crippen LogP contribution is -2.11. The van der Waals surface area contributed by atoms with Crippen LogP contribution < -0.4 is 0 Å². The molecule has 0 aromatic heterocycles. The zero-order valence-corrected chi connectivity index (χ0v) is 7.27. The Balaban J connectivity index is 3.48. The van der Waals surface area contributed by atoms with Crippen LogP contribution in [0.1, 0.15) is 16.7 Å². The van der Waals surface area contributed by atoms with E-state index in [0.29, 0.717) is 12.1 Å². The maximum absolute atomic E-state index is 13.0. The summed E-state index contributed by atoms with van der Waals surface area (Å²) in [6.45, 7) is -1.06. The van der Waals surface area contributed by atoms with Crippen LogP contribution in [0, 0.1) is 17.1 Å². The Morgan fingerprint density at radius 2 is 1.93 bits per heavy atom. The van der Waals surface area contributed by atoms with Gasteiger partial charge in [0, 0.05) is 5.56 Å². The average Bonchev–Trinajstić information content (AvgIpc) is 2.15. The predicted molar refractivity (Wildman–Crippen MR) is 42.0 cm³/mol. The van der Waals surface area contributed by atoms with Crippen molar-refractivity contribution < 1.29 is 22.7 Å². The fourth-order valence-corrected chi connectivity index (χ4v) is 1.11. The summed E-state index contributed by atoms with van der Waals surface area (Å²) in [6, 6.07) is 2.57. The first-order valence-corrected chi connectivity index (χ1v) is 3.80. The summed E-state index contributed by atoms with van der Waals surface area (Å²) in [5.41, 5.74) is -2.60. The summed E-state index contributed by atoms with van der Waals surface area (Å²) in [5.74, 6) is -1.23. The zero-order chi connectivity index (χ0) is 11.6. The molecule has 0 aliphatic carbocycles. The van der Waals surface area contributed by atoms with Crippen molar-refractivity contribution in [2.75, 3.05) is 0 Å². The molecule has 1 N–H and O–H groups in total. The summed E-state index contributed by atoms with van der Waals surface area (Å²) in [6.07, 6.45) is -4.79. The number of aliphatic hydroxyl groups excluding tert-OH is 1. The minimum Gasteiger partial charge on any atom is -0.392 e. The lowest BCUT2D eigenvalue weighted by Gasteiger charge is -2.12. The Kier molecular flexibility index (Phi) is 2.95. The van der Waals surface area contributed by atoms with Crippen molar-refractivity contribution in [3.63, 3.8) is 0 Å². The largest absolute Gasteiger partial charge is 0.416 e. The quantitative estimate of drug-likeness (QED) is 0.736. The number of alkyl halides is 3. The first-order valence-electron chi connectivity index (χ1n) is 3.80. The molecule has 0 amide bonds. The molecule has 2 nitrogen and oxygen atoms in total. The maximum atomic E-state index is 13.0. The first kappa shape index (κ1) is 11.5. The number of halogens is 4. The molecule has 0 spiro atoms. The minimum atomic E-state index is -4.79. The molecule has 6 heteroatoms. The smallest absolute Gasteiger partial charge is 0.392 e. The summed E-state index contributed by atoms with van der Waals surface area (Å²) < 4.78 is 50.1. The van der Waals surface area contributed by atoms with Crippen molar-refractivity contribution >= 4 is 0 Å². The van der Waals surface area contributed by atoms with Crippen LogP contribution in [0.4, 0.5) is 17.6 Å². The van der Waals surface area contributed by atoms with E-state index >= 15 is 0 Å². The Morgan fingerprint density at radius 3 is 2.33 bits per heavy atom. The Labute approximate surface area is 82.4 Å². The van der Waals surface area contributed by atoms with Gasteiger partial charge in [-0.25, -0.2) is 4.39 Å². The van der Waals surface area contributed by atoms with Crippen molar-refractivity contribution in [2.24, 2.45) is 0 Å². The topological polar surface area (TPSA) is 44.0 Å². The Bertz CT molecular complexity index is 419. The van der Waals surface area contributed by atoms with Crippen LogP contribution in [0.15, 0.2) is 12.1 Å². The first-order chi connectivity index (χ1) is 6.90. The Hall–Kier alpha value is -1.61. The van der Waals surface area contributed by atoms with Gasteiger partial charge in [-0.05, 0) is 12.1 Å². The highest BCUT2D eigenvalue weighted by Crippen LogP contribution is 2.33. The predicted octanol–water partition coefficient (Wildman–Crippen LogP) is 2.21. The second-order valence-electron chi connectivity index (χ2n) is 2.75. The van der Waals surface area contributed by atoms with Gasteiger partial charge in [-0.2, -0.15) is 18.4 Å². The van der Waals surface area contributed by atoms with E-state index < -0.39 is 35.3 Å². The van der Waals surface area contributed by atoms with Crippen LogP contribution in [0.25, 0.3) is 0 Å². The summed E-state index contributed by atoms with van der Waals surface area (Å²) in [4.78, 5) is 0. The van der Waals surface area contributed by atoms with Gasteiger partial charge in [-0.1, -0.05) is 0 Å². The van der Waals surface area contributed by atoms with Gasteiger partial charge in [0.1, 0.15) is 5.82 Å². The normalized spacial score (nSPS) is 11.2. The highest BCUT2D eigenvalue weighted by molar-refractivity contribution is 5.40. The maximum Gasteiger partial charge on any atom is 0.416 e. The van der Waals surface area contributed by atoms with Gasteiger partial charge in [0.25, 0.3) is 0 Å². The summed E-state index contributed by atoms with van der Waals surface area (Å²) in [5, 5.41) is 17.0. The molecule has 0 unspecified atom stereocenters. The van der Waals surface area contributed by atoms with Crippen molar-refractivity contribution in [3.8, 4) is 6.07 Å². The molecular weight excluding hydrogens is 214 g/mol. The lowest BCUT2D eigenvalue weighted by atomic mass is 10.0. The van der Waals surface area contributed by atoms with Gasteiger partial charge in [0.15, 0.2) is 0 Å². The van der Waals surface area contributed by atoms with E-state index in [2.05, 4.69) is 0 Å². The van der Waals surface area contributed by atoms with Crippen molar-refractivity contribution in [2.45, 2.75) is 12.8 Å². The van der Waals surface area contributed by atoms with Gasteiger partial charge >= 0.3 is 6.18 Å². The second-order valence-corrected chi connectivity index (χ2v) is 2.75. The SMILES string of the molecule is N#Cc1cc(F)c(CO)c(C(F)(F)F)c1. The Morgan fingerprint density at radius 1 is 1.33 bits per heavy atom. The zero-order valence-electron chi connectivity index (χ0n) is 7.27. The molecule has 0 aliphatic rings. The van der Waals surface area contributed by atoms with E-state index in [0.717, 1.165) is 0 Å². The number of hydrogen-bond donors (Lipinski definition) is 1. The standard InChI is InChI=1S/C9H5F4NO/c10-8-2-5(3-14)1-7(6(8)4-15)9(11,12)13/h1-2,15H,4H2. The molecule has 0 fully saturated rings. The number of nitrogens with zero attached hydrogens (tertiary/aromatic N) is 1. The number of nitriles is 1. The van der Waals surface area contributed by atoms with E-state index in [4.69, 9.17) is 10.4 Å². The van der Waals surface area contributed by atoms with Gasteiger partial charge < -0.3 is 5.11 Å². The van der Waals surface area contributed by atoms with Crippen LogP contribution in [0.5, 0.6) is 0 Å². The molecule has 1 rings (SSSR count). The van der Waals surface area contributed by atoms with Crippen molar-refractivity contribution in [1.82, 2.24) is 0 Å². The van der Waals surface area contributed by atoms with Crippen LogP contribution in [0.2, 0.25) is 0 Å². The number of rotatable bonds is 1. The summed E-state index contributed by atoms with van der Waals surface area (Å²) in [7, 11) is 0. The van der Waals surface area contributed by atoms with Crippen LogP contribution >= 0.6 is 0 Å². The third-order valence-corrected chi connectivity index (χ3v) is 1.79. The second kappa shape index (κ2) is 3.87. The van der Waals surface area contributed by atoms with E-state index in [1.165, 1.54) is 6.07 Å². The van der Waals surface area contributed by atoms with Crippen molar-refractivity contribution in [3.05, 3.63) is 34.6 Å². The highest BCUT2D eigenvalue weighted by atomic mass is 19.4. The van der Waals surface area contributed by atoms with Crippen molar-refractivity contribution in [1.29, 1.82) is 5.26 Å². The van der Waals surface area contributed by atoms with Gasteiger partial charge in [0.05, 0.1) is 23.8 Å². The molecule has 80 valence electrons. The third kappa shape index (κ3) is 2.25. The molecule has 1 aromatic rings. The number of benzene rings is 1. The minimum absolute atomic E-state index is 0.433. The van der Waals surface area contributed by atoms with Gasteiger partial charge in [-0.3, -0.25) is 0 Å². The fourth-order valence-electron chi connectivity index (χ4n) is 1.11. The number of hydrogen-bond acceptors (Lipinski definition) is 2. The highest BCUT2D eigenvalue weighted by Gasteiger charge is 2.34. The van der Waals surface area contributed by atoms with E-state index in [9.17, 15) is 17.6 Å². The van der Waals surface area contributed by atoms with Crippen LogP contribution in [-0.4, -0.2) is 5.11 Å². The molecule has 0 radical (unpaired) electrons. The molecule has 0 bridgehead atoms. The monoisotopic (exact) mass is 219 g/mol. The van der Waals surface area contributed by atoms with Crippen LogP contribution in [-0.2, 0) is 12.8 Å². The molecule has 0 aliphatic heterocycles. The number of aliphatic hydroxyl groups is 1. The molecule has 0 saturated carbocycles. The molecular formula is C9H5F4NO. The van der Waals surface area contributed by atoms with Gasteiger partial charge in [-0.15, -0.1) is 0 Å². The summed E-state index contributed by atoms with van der Waals surface area (Å²) >= 11 is 0. The van der Waals surface area contributed by atoms with E-state index in [1.807, 2.05) is 0 Å². The van der Waals surface area contributed by atoms with Gasteiger partial charge in [0.2, 0.25) is 0 Å². The molecule has 1 aromatic carbocycles. The lowest BCUT2D eigenvalue weighted by molar-refractivity contribution is -0.138. The average molecular weight is 219 g/mol. The molecule has 0 saturated heterocycles. The van der Waals surface area contributed by atoms with Crippen LogP contribution in [0.3, 0.4) is 0 Å². The molecule has 0 heterocycles. The fraction of sp³-hybridized carbons (Fsp3) is 0.222. The molecule has 0 atom stereocenters. The third-order valence-electron chi connectivity index (χ3n) is 1.79. The van der Waals surface area contributed by atoms with E-state index in [1.54, 1.807) is 0 Å².